The topological polar surface area (TPSA) is 120 Å². The second-order valence-corrected chi connectivity index (χ2v) is 8.22. The number of amides is 2. The smallest absolute Gasteiger partial charge is 0.365 e. The summed E-state index contributed by atoms with van der Waals surface area (Å²) in [4.78, 5) is 38.2. The third kappa shape index (κ3) is 3.33. The van der Waals surface area contributed by atoms with Gasteiger partial charge in [0.15, 0.2) is 5.82 Å². The fourth-order valence-electron chi connectivity index (χ4n) is 3.21. The predicted molar refractivity (Wildman–Crippen MR) is 102 cm³/mol. The zero-order valence-corrected chi connectivity index (χ0v) is 15.8. The van der Waals surface area contributed by atoms with Gasteiger partial charge >= 0.3 is 5.76 Å². The van der Waals surface area contributed by atoms with Gasteiger partial charge in [-0.05, 0) is 42.7 Å². The summed E-state index contributed by atoms with van der Waals surface area (Å²) in [7, 11) is 0. The average molecular weight is 404 g/mol. The van der Waals surface area contributed by atoms with Crippen molar-refractivity contribution in [3.63, 3.8) is 0 Å². The van der Waals surface area contributed by atoms with E-state index in [1.54, 1.807) is 6.07 Å². The van der Waals surface area contributed by atoms with E-state index in [4.69, 9.17) is 10.3 Å². The molecule has 0 aliphatic heterocycles. The molecule has 4 rings (SSSR count). The van der Waals surface area contributed by atoms with Crippen molar-refractivity contribution in [3.8, 4) is 10.7 Å². The monoisotopic (exact) mass is 404 g/mol. The van der Waals surface area contributed by atoms with Crippen LogP contribution in [0.1, 0.15) is 33.6 Å². The van der Waals surface area contributed by atoms with Crippen LogP contribution in [-0.2, 0) is 24.2 Å². The number of fused-ring (bicyclic) bond motifs is 1. The van der Waals surface area contributed by atoms with Gasteiger partial charge in [-0.15, -0.1) is 22.7 Å². The molecule has 0 spiro atoms. The summed E-state index contributed by atoms with van der Waals surface area (Å²) in [5, 5.41) is 8.78. The molecule has 1 aliphatic rings. The molecule has 3 aromatic heterocycles. The van der Waals surface area contributed by atoms with Gasteiger partial charge in [0.05, 0.1) is 10.4 Å². The van der Waals surface area contributed by atoms with Crippen molar-refractivity contribution in [1.82, 2.24) is 9.72 Å². The lowest BCUT2D eigenvalue weighted by atomic mass is 9.95. The molecule has 0 saturated carbocycles. The lowest BCUT2D eigenvalue weighted by molar-refractivity contribution is -0.116. The number of anilines is 1. The molecule has 0 saturated heterocycles. The van der Waals surface area contributed by atoms with Crippen molar-refractivity contribution >= 4 is 39.5 Å². The number of carbonyl (C=O) groups excluding carboxylic acids is 2. The minimum Gasteiger partial charge on any atom is -0.365 e. The van der Waals surface area contributed by atoms with Crippen LogP contribution >= 0.6 is 22.7 Å². The number of aryl methyl sites for hydroxylation is 1. The Morgan fingerprint density at radius 2 is 2.15 bits per heavy atom. The van der Waals surface area contributed by atoms with Crippen LogP contribution in [0.4, 0.5) is 5.00 Å². The van der Waals surface area contributed by atoms with E-state index in [2.05, 4.69) is 10.5 Å². The quantitative estimate of drug-likeness (QED) is 0.676. The minimum absolute atomic E-state index is 0.268. The van der Waals surface area contributed by atoms with E-state index in [9.17, 15) is 14.4 Å². The van der Waals surface area contributed by atoms with Crippen molar-refractivity contribution in [1.29, 1.82) is 0 Å². The Labute approximate surface area is 161 Å². The van der Waals surface area contributed by atoms with E-state index in [1.807, 2.05) is 11.4 Å². The van der Waals surface area contributed by atoms with Gasteiger partial charge in [-0.25, -0.2) is 9.36 Å². The van der Waals surface area contributed by atoms with Crippen LogP contribution < -0.4 is 16.8 Å². The second-order valence-electron chi connectivity index (χ2n) is 6.16. The van der Waals surface area contributed by atoms with E-state index in [0.717, 1.165) is 41.0 Å². The summed E-state index contributed by atoms with van der Waals surface area (Å²) in [6.45, 7) is -0.268. The molecule has 3 heterocycles. The van der Waals surface area contributed by atoms with Crippen LogP contribution in [0.2, 0.25) is 0 Å². The standard InChI is InChI=1S/C17H16N4O4S2/c18-14(23)13-9-4-1-2-5-10(9)27-16(13)19-12(22)8-21-15(20-25-17(21)24)11-6-3-7-26-11/h3,6-7H,1-2,4-5,8H2,(H2,18,23)(H,19,22). The van der Waals surface area contributed by atoms with Gasteiger partial charge in [0.1, 0.15) is 11.5 Å². The third-order valence-electron chi connectivity index (χ3n) is 4.40. The Bertz CT molecular complexity index is 1060. The third-order valence-corrected chi connectivity index (χ3v) is 6.47. The Morgan fingerprint density at radius 1 is 1.33 bits per heavy atom. The average Bonchev–Trinajstić information content (AvgIpc) is 3.34. The number of nitrogens with two attached hydrogens (primary N) is 1. The fourth-order valence-corrected chi connectivity index (χ4v) is 5.24. The highest BCUT2D eigenvalue weighted by Gasteiger charge is 2.25. The summed E-state index contributed by atoms with van der Waals surface area (Å²) in [5.41, 5.74) is 6.87. The molecule has 8 nitrogen and oxygen atoms in total. The van der Waals surface area contributed by atoms with E-state index in [-0.39, 0.29) is 6.54 Å². The van der Waals surface area contributed by atoms with Gasteiger partial charge < -0.3 is 11.1 Å². The Kier molecular flexibility index (Phi) is 4.66. The van der Waals surface area contributed by atoms with E-state index in [0.29, 0.717) is 16.4 Å². The molecule has 0 bridgehead atoms. The molecular formula is C17H16N4O4S2. The SMILES string of the molecule is NC(=O)c1c(NC(=O)Cn2c(-c3cccs3)noc2=O)sc2c1CCCC2. The first-order valence-corrected chi connectivity index (χ1v) is 10.1. The molecule has 2 amide bonds. The summed E-state index contributed by atoms with van der Waals surface area (Å²) < 4.78 is 5.88. The van der Waals surface area contributed by atoms with Gasteiger partial charge in [0.25, 0.3) is 5.91 Å². The van der Waals surface area contributed by atoms with Crippen LogP contribution in [0.25, 0.3) is 10.7 Å². The van der Waals surface area contributed by atoms with Gasteiger partial charge in [0.2, 0.25) is 5.91 Å². The molecule has 0 radical (unpaired) electrons. The first kappa shape index (κ1) is 17.7. The molecule has 1 aliphatic carbocycles. The molecule has 0 atom stereocenters. The summed E-state index contributed by atoms with van der Waals surface area (Å²) in [6.07, 6.45) is 3.72. The van der Waals surface area contributed by atoms with Crippen molar-refractivity contribution in [2.24, 2.45) is 5.73 Å². The van der Waals surface area contributed by atoms with E-state index >= 15 is 0 Å². The highest BCUT2D eigenvalue weighted by Crippen LogP contribution is 2.37. The Morgan fingerprint density at radius 3 is 2.89 bits per heavy atom. The second kappa shape index (κ2) is 7.12. The Hall–Kier alpha value is -2.72. The Balaban J connectivity index is 1.60. The molecule has 3 N–H and O–H groups in total. The molecule has 27 heavy (non-hydrogen) atoms. The molecule has 3 aromatic rings. The zero-order chi connectivity index (χ0) is 19.0. The number of aromatic nitrogens is 2. The lowest BCUT2D eigenvalue weighted by Gasteiger charge is -2.11. The molecular weight excluding hydrogens is 388 g/mol. The number of nitrogens with zero attached hydrogens (tertiary/aromatic N) is 2. The van der Waals surface area contributed by atoms with Gasteiger partial charge in [0, 0.05) is 4.88 Å². The maximum atomic E-state index is 12.6. The first-order chi connectivity index (χ1) is 13.0. The number of thiophene rings is 2. The number of hydrogen-bond acceptors (Lipinski definition) is 7. The maximum absolute atomic E-state index is 12.6. The minimum atomic E-state index is -0.714. The van der Waals surface area contributed by atoms with Crippen molar-refractivity contribution in [2.45, 2.75) is 32.2 Å². The number of hydrogen-bond donors (Lipinski definition) is 2. The largest absolute Gasteiger partial charge is 0.442 e. The number of nitrogens with one attached hydrogen (secondary N) is 1. The van der Waals surface area contributed by atoms with Gasteiger partial charge in [-0.2, -0.15) is 0 Å². The zero-order valence-electron chi connectivity index (χ0n) is 14.2. The molecule has 0 aromatic carbocycles. The van der Waals surface area contributed by atoms with E-state index in [1.165, 1.54) is 27.2 Å². The first-order valence-electron chi connectivity index (χ1n) is 8.39. The molecule has 0 unspecified atom stereocenters. The normalized spacial score (nSPS) is 13.3. The number of rotatable bonds is 5. The summed E-state index contributed by atoms with van der Waals surface area (Å²) >= 11 is 2.77. The summed E-state index contributed by atoms with van der Waals surface area (Å²) in [5.74, 6) is -1.41. The molecule has 140 valence electrons. The maximum Gasteiger partial charge on any atom is 0.442 e. The van der Waals surface area contributed by atoms with Crippen LogP contribution in [0.3, 0.4) is 0 Å². The lowest BCUT2D eigenvalue weighted by Crippen LogP contribution is -2.26. The highest BCUT2D eigenvalue weighted by molar-refractivity contribution is 7.17. The van der Waals surface area contributed by atoms with Crippen LogP contribution in [-0.4, -0.2) is 21.5 Å². The van der Waals surface area contributed by atoms with Crippen LogP contribution in [0, 0.1) is 0 Å². The highest BCUT2D eigenvalue weighted by atomic mass is 32.1. The fraction of sp³-hybridized carbons (Fsp3) is 0.294. The van der Waals surface area contributed by atoms with Crippen LogP contribution in [0.5, 0.6) is 0 Å². The van der Waals surface area contributed by atoms with Crippen LogP contribution in [0.15, 0.2) is 26.8 Å². The number of carbonyl (C=O) groups is 2. The summed E-state index contributed by atoms with van der Waals surface area (Å²) in [6, 6.07) is 3.60. The molecule has 10 heteroatoms. The predicted octanol–water partition coefficient (Wildman–Crippen LogP) is 2.24. The number of primary amides is 1. The van der Waals surface area contributed by atoms with Crippen molar-refractivity contribution in [2.75, 3.05) is 5.32 Å². The molecule has 0 fully saturated rings. The van der Waals surface area contributed by atoms with Crippen molar-refractivity contribution in [3.05, 3.63) is 44.1 Å². The van der Waals surface area contributed by atoms with Gasteiger partial charge in [-0.1, -0.05) is 11.2 Å². The van der Waals surface area contributed by atoms with Crippen molar-refractivity contribution < 1.29 is 14.1 Å². The van der Waals surface area contributed by atoms with Gasteiger partial charge in [-0.3, -0.25) is 14.1 Å². The van der Waals surface area contributed by atoms with E-state index < -0.39 is 17.6 Å².